The Kier molecular flexibility index (Phi) is 6.95. The largest absolute Gasteiger partial charge is 0.350 e. The highest BCUT2D eigenvalue weighted by molar-refractivity contribution is 5.88. The average molecular weight is 384 g/mol. The molecule has 5 heteroatoms. The molecule has 0 unspecified atom stereocenters. The molecule has 0 aliphatic rings. The van der Waals surface area contributed by atoms with Crippen molar-refractivity contribution < 1.29 is 14.0 Å². The maximum absolute atomic E-state index is 14.2. The number of hydrogen-bond donors (Lipinski definition) is 1. The molecule has 2 aromatic carbocycles. The van der Waals surface area contributed by atoms with Crippen LogP contribution < -0.4 is 5.32 Å². The fourth-order valence-electron chi connectivity index (χ4n) is 2.97. The van der Waals surface area contributed by atoms with E-state index in [0.29, 0.717) is 5.56 Å². The van der Waals surface area contributed by atoms with Crippen molar-refractivity contribution in [3.05, 3.63) is 71.0 Å². The molecule has 2 aromatic rings. The molecule has 0 saturated carbocycles. The van der Waals surface area contributed by atoms with Crippen molar-refractivity contribution in [3.8, 4) is 0 Å². The Hall–Kier alpha value is -2.69. The van der Waals surface area contributed by atoms with Gasteiger partial charge < -0.3 is 10.2 Å². The van der Waals surface area contributed by atoms with Gasteiger partial charge in [0.25, 0.3) is 0 Å². The van der Waals surface area contributed by atoms with E-state index in [-0.39, 0.29) is 30.6 Å². The predicted molar refractivity (Wildman–Crippen MR) is 109 cm³/mol. The van der Waals surface area contributed by atoms with Crippen LogP contribution in [0.1, 0.15) is 44.4 Å². The molecule has 0 saturated heterocycles. The van der Waals surface area contributed by atoms with E-state index in [1.54, 1.807) is 25.1 Å². The second-order valence-electron chi connectivity index (χ2n) is 8.19. The van der Waals surface area contributed by atoms with Gasteiger partial charge in [0.2, 0.25) is 11.8 Å². The lowest BCUT2D eigenvalue weighted by molar-refractivity contribution is -0.140. The summed E-state index contributed by atoms with van der Waals surface area (Å²) in [6, 6.07) is 13.3. The molecule has 0 aliphatic heterocycles. The molecule has 0 aromatic heterocycles. The molecule has 0 aliphatic carbocycles. The van der Waals surface area contributed by atoms with Gasteiger partial charge in [-0.2, -0.15) is 0 Å². The van der Waals surface area contributed by atoms with Crippen LogP contribution in [0.25, 0.3) is 0 Å². The van der Waals surface area contributed by atoms with Crippen LogP contribution in [0.15, 0.2) is 48.5 Å². The number of benzene rings is 2. The van der Waals surface area contributed by atoms with E-state index in [2.05, 4.69) is 5.32 Å². The molecule has 150 valence electrons. The molecule has 1 atom stereocenters. The summed E-state index contributed by atoms with van der Waals surface area (Å²) in [6.45, 7) is 9.32. The van der Waals surface area contributed by atoms with Crippen molar-refractivity contribution in [3.63, 3.8) is 0 Å². The SMILES string of the molecule is Cc1cccc(CC(=O)N(Cc2ccccc2F)[C@H](C)C(=O)NC(C)(C)C)c1. The van der Waals surface area contributed by atoms with Gasteiger partial charge in [0, 0.05) is 17.6 Å². The van der Waals surface area contributed by atoms with E-state index in [1.807, 2.05) is 52.0 Å². The number of nitrogens with one attached hydrogen (secondary N) is 1. The third-order valence-electron chi connectivity index (χ3n) is 4.40. The summed E-state index contributed by atoms with van der Waals surface area (Å²) in [5.41, 5.74) is 1.89. The molecule has 4 nitrogen and oxygen atoms in total. The predicted octanol–water partition coefficient (Wildman–Crippen LogP) is 4.01. The summed E-state index contributed by atoms with van der Waals surface area (Å²) < 4.78 is 14.2. The summed E-state index contributed by atoms with van der Waals surface area (Å²) in [6.07, 6.45) is 0.156. The highest BCUT2D eigenvalue weighted by Crippen LogP contribution is 2.16. The van der Waals surface area contributed by atoms with E-state index in [9.17, 15) is 14.0 Å². The first-order chi connectivity index (χ1) is 13.1. The van der Waals surface area contributed by atoms with Crippen molar-refractivity contribution in [2.45, 2.75) is 59.2 Å². The Labute approximate surface area is 166 Å². The summed E-state index contributed by atoms with van der Waals surface area (Å²) in [4.78, 5) is 27.2. The second kappa shape index (κ2) is 9.00. The first kappa shape index (κ1) is 21.6. The lowest BCUT2D eigenvalue weighted by atomic mass is 10.1. The molecule has 0 heterocycles. The third-order valence-corrected chi connectivity index (χ3v) is 4.40. The van der Waals surface area contributed by atoms with Gasteiger partial charge in [0.05, 0.1) is 6.42 Å². The first-order valence-electron chi connectivity index (χ1n) is 9.47. The maximum Gasteiger partial charge on any atom is 0.242 e. The van der Waals surface area contributed by atoms with Crippen molar-refractivity contribution in [1.82, 2.24) is 10.2 Å². The normalized spacial score (nSPS) is 12.4. The molecule has 0 spiro atoms. The smallest absolute Gasteiger partial charge is 0.242 e. The van der Waals surface area contributed by atoms with Crippen molar-refractivity contribution in [2.24, 2.45) is 0 Å². The lowest BCUT2D eigenvalue weighted by Crippen LogP contribution is -2.52. The van der Waals surface area contributed by atoms with Crippen molar-refractivity contribution >= 4 is 11.8 Å². The lowest BCUT2D eigenvalue weighted by Gasteiger charge is -2.31. The summed E-state index contributed by atoms with van der Waals surface area (Å²) in [7, 11) is 0. The number of aryl methyl sites for hydroxylation is 1. The molecular weight excluding hydrogens is 355 g/mol. The Balaban J connectivity index is 2.27. The number of hydrogen-bond acceptors (Lipinski definition) is 2. The van der Waals surface area contributed by atoms with Crippen molar-refractivity contribution in [1.29, 1.82) is 0 Å². The second-order valence-corrected chi connectivity index (χ2v) is 8.19. The van der Waals surface area contributed by atoms with E-state index in [0.717, 1.165) is 11.1 Å². The summed E-state index contributed by atoms with van der Waals surface area (Å²) in [5.74, 6) is -0.869. The highest BCUT2D eigenvalue weighted by Gasteiger charge is 2.28. The maximum atomic E-state index is 14.2. The zero-order valence-electron chi connectivity index (χ0n) is 17.3. The Bertz CT molecular complexity index is 842. The minimum absolute atomic E-state index is 0.0377. The van der Waals surface area contributed by atoms with Crippen LogP contribution in [0, 0.1) is 12.7 Å². The molecule has 2 rings (SSSR count). The zero-order valence-corrected chi connectivity index (χ0v) is 17.3. The number of rotatable bonds is 6. The van der Waals surface area contributed by atoms with Crippen LogP contribution in [0.2, 0.25) is 0 Å². The van der Waals surface area contributed by atoms with E-state index >= 15 is 0 Å². The number of halogens is 1. The van der Waals surface area contributed by atoms with Crippen LogP contribution in [-0.4, -0.2) is 28.3 Å². The van der Waals surface area contributed by atoms with Crippen LogP contribution in [0.4, 0.5) is 4.39 Å². The molecule has 0 bridgehead atoms. The van der Waals surface area contributed by atoms with Crippen LogP contribution in [-0.2, 0) is 22.6 Å². The minimum Gasteiger partial charge on any atom is -0.350 e. The fraction of sp³-hybridized carbons (Fsp3) is 0.391. The van der Waals surface area contributed by atoms with E-state index < -0.39 is 11.6 Å². The van der Waals surface area contributed by atoms with E-state index in [4.69, 9.17) is 0 Å². The van der Waals surface area contributed by atoms with Gasteiger partial charge in [-0.15, -0.1) is 0 Å². The quantitative estimate of drug-likeness (QED) is 0.818. The van der Waals surface area contributed by atoms with Gasteiger partial charge in [-0.3, -0.25) is 9.59 Å². The summed E-state index contributed by atoms with van der Waals surface area (Å²) >= 11 is 0. The first-order valence-corrected chi connectivity index (χ1v) is 9.47. The van der Waals surface area contributed by atoms with Gasteiger partial charge in [-0.25, -0.2) is 4.39 Å². The molecule has 2 amide bonds. The average Bonchev–Trinajstić information content (AvgIpc) is 2.59. The topological polar surface area (TPSA) is 49.4 Å². The Morgan fingerprint density at radius 1 is 1.11 bits per heavy atom. The number of amides is 2. The molecule has 1 N–H and O–H groups in total. The van der Waals surface area contributed by atoms with Crippen molar-refractivity contribution in [2.75, 3.05) is 0 Å². The van der Waals surface area contributed by atoms with Crippen LogP contribution in [0.5, 0.6) is 0 Å². The zero-order chi connectivity index (χ0) is 20.9. The third kappa shape index (κ3) is 6.19. The summed E-state index contributed by atoms with van der Waals surface area (Å²) in [5, 5.41) is 2.90. The van der Waals surface area contributed by atoms with Crippen LogP contribution >= 0.6 is 0 Å². The van der Waals surface area contributed by atoms with Gasteiger partial charge in [0.15, 0.2) is 0 Å². The van der Waals surface area contributed by atoms with Gasteiger partial charge in [-0.05, 0) is 46.2 Å². The number of carbonyl (C=O) groups excluding carboxylic acids is 2. The molecule has 0 fully saturated rings. The Morgan fingerprint density at radius 3 is 2.39 bits per heavy atom. The van der Waals surface area contributed by atoms with E-state index in [1.165, 1.54) is 11.0 Å². The van der Waals surface area contributed by atoms with Gasteiger partial charge in [0.1, 0.15) is 11.9 Å². The molecule has 28 heavy (non-hydrogen) atoms. The monoisotopic (exact) mass is 384 g/mol. The molecule has 0 radical (unpaired) electrons. The number of carbonyl (C=O) groups is 2. The molecular formula is C23H29FN2O2. The Morgan fingerprint density at radius 2 is 1.79 bits per heavy atom. The number of nitrogens with zero attached hydrogens (tertiary/aromatic N) is 1. The highest BCUT2D eigenvalue weighted by atomic mass is 19.1. The van der Waals surface area contributed by atoms with Gasteiger partial charge in [-0.1, -0.05) is 48.0 Å². The standard InChI is InChI=1S/C23H29FN2O2/c1-16-9-8-10-18(13-16)14-21(27)26(15-19-11-6-7-12-20(19)24)17(2)22(28)25-23(3,4)5/h6-13,17H,14-15H2,1-5H3,(H,25,28)/t17-/m1/s1. The van der Waals surface area contributed by atoms with Crippen LogP contribution in [0.3, 0.4) is 0 Å². The van der Waals surface area contributed by atoms with Gasteiger partial charge >= 0.3 is 0 Å². The fourth-order valence-corrected chi connectivity index (χ4v) is 2.97. The minimum atomic E-state index is -0.726.